The summed E-state index contributed by atoms with van der Waals surface area (Å²) in [7, 11) is 0. The van der Waals surface area contributed by atoms with E-state index in [0.717, 1.165) is 0 Å². The van der Waals surface area contributed by atoms with Gasteiger partial charge in [0.15, 0.2) is 0 Å². The summed E-state index contributed by atoms with van der Waals surface area (Å²) in [4.78, 5) is 0. The summed E-state index contributed by atoms with van der Waals surface area (Å²) in [6, 6.07) is 112. The molecule has 0 bridgehead atoms. The maximum absolute atomic E-state index is 2.44. The predicted octanol–water partition coefficient (Wildman–Crippen LogP) is 25.7. The molecular weight excluding hydrogens is 1170 g/mol. The number of para-hydroxylation sites is 4. The second-order valence-electron chi connectivity index (χ2n) is 23.5. The van der Waals surface area contributed by atoms with Crippen molar-refractivity contribution in [1.82, 2.24) is 9.13 Å². The monoisotopic (exact) mass is 1210 g/mol. The summed E-state index contributed by atoms with van der Waals surface area (Å²) in [5.41, 5.74) is 17.4. The van der Waals surface area contributed by atoms with Gasteiger partial charge < -0.3 is 9.13 Å². The molecule has 0 atom stereocenters. The number of nitrogens with zero attached hydrogens (tertiary/aromatic N) is 2. The minimum absolute atomic E-state index is 1.19. The van der Waals surface area contributed by atoms with Gasteiger partial charge in [0, 0.05) is 82.7 Å². The molecule has 0 aliphatic carbocycles. The SMILES string of the molecule is c1ccc(-n2c3ccccc3c3sc4ccc(-c5cccc(-c6ccc7c(c6)sc6cc8ccccc8cc67)c5)cc4c32)cc1.c1ccc(-n2c3ccccc3c3sc4ccc(-c5cccc(-c6ccc7c(c6)sc6ccc8ccccc8c67)c5)cc4c32)cc1. The van der Waals surface area contributed by atoms with E-state index >= 15 is 0 Å². The minimum atomic E-state index is 1.19. The maximum atomic E-state index is 2.44. The zero-order chi connectivity index (χ0) is 59.0. The highest BCUT2D eigenvalue weighted by Gasteiger charge is 2.21. The van der Waals surface area contributed by atoms with Crippen LogP contribution in [-0.2, 0) is 0 Å². The summed E-state index contributed by atoms with van der Waals surface area (Å²) in [5, 5.41) is 15.8. The number of thiophene rings is 4. The Morgan fingerprint density at radius 2 is 0.611 bits per heavy atom. The van der Waals surface area contributed by atoms with Crippen molar-refractivity contribution in [2.75, 3.05) is 0 Å². The van der Waals surface area contributed by atoms with Gasteiger partial charge in [-0.05, 0) is 169 Å². The normalized spacial score (nSPS) is 12.0. The van der Waals surface area contributed by atoms with Gasteiger partial charge in [0.05, 0.1) is 31.5 Å². The van der Waals surface area contributed by atoms with Crippen molar-refractivity contribution < 1.29 is 0 Å². The Morgan fingerprint density at radius 3 is 1.18 bits per heavy atom. The van der Waals surface area contributed by atoms with Crippen LogP contribution in [0.15, 0.2) is 303 Å². The third-order valence-corrected chi connectivity index (χ3v) is 23.0. The van der Waals surface area contributed by atoms with Gasteiger partial charge >= 0.3 is 0 Å². The van der Waals surface area contributed by atoms with Crippen LogP contribution < -0.4 is 0 Å². The van der Waals surface area contributed by atoms with Crippen molar-refractivity contribution in [3.8, 4) is 55.9 Å². The first-order valence-electron chi connectivity index (χ1n) is 30.5. The lowest BCUT2D eigenvalue weighted by Gasteiger charge is -2.09. The zero-order valence-electron chi connectivity index (χ0n) is 48.4. The third-order valence-electron chi connectivity index (χ3n) is 18.3. The van der Waals surface area contributed by atoms with E-state index in [0.29, 0.717) is 0 Å². The maximum Gasteiger partial charge on any atom is 0.0727 e. The van der Waals surface area contributed by atoms with Crippen LogP contribution in [-0.4, -0.2) is 9.13 Å². The summed E-state index contributed by atoms with van der Waals surface area (Å²) >= 11 is 7.57. The molecule has 0 amide bonds. The van der Waals surface area contributed by atoms with E-state index in [-0.39, 0.29) is 0 Å². The topological polar surface area (TPSA) is 9.86 Å². The van der Waals surface area contributed by atoms with Gasteiger partial charge in [-0.3, -0.25) is 0 Å². The zero-order valence-corrected chi connectivity index (χ0v) is 51.7. The quantitative estimate of drug-likeness (QED) is 0.157. The largest absolute Gasteiger partial charge is 0.308 e. The highest BCUT2D eigenvalue weighted by Crippen LogP contribution is 2.47. The van der Waals surface area contributed by atoms with Gasteiger partial charge in [0.25, 0.3) is 0 Å². The Hall–Kier alpha value is -10.4. The highest BCUT2D eigenvalue weighted by atomic mass is 32.1. The predicted molar refractivity (Wildman–Crippen MR) is 395 cm³/mol. The van der Waals surface area contributed by atoms with E-state index in [1.807, 2.05) is 45.3 Å². The molecule has 6 heterocycles. The van der Waals surface area contributed by atoms with E-state index < -0.39 is 0 Å². The van der Waals surface area contributed by atoms with Crippen LogP contribution in [0.1, 0.15) is 0 Å². The van der Waals surface area contributed by atoms with Gasteiger partial charge in [-0.25, -0.2) is 0 Å². The van der Waals surface area contributed by atoms with Crippen LogP contribution in [0.4, 0.5) is 0 Å². The fourth-order valence-electron chi connectivity index (χ4n) is 14.1. The standard InChI is InChI=1S/2C42H25NS2/c1-2-12-31(13-3-1)43-36-16-7-6-15-33(36)42-41(43)35-24-29(19-21-37(35)45-42)27-10-8-11-28(23-27)30-17-20-34-39(25-30)44-38-22-18-26-9-4-5-14-32(26)40(34)38;1-2-13-32(14-3-1)43-37-16-7-6-15-34(37)42-41(43)36-23-30(18-20-38(36)45-42)26-11-8-12-27(21-26)31-17-19-33-35-22-28-9-4-5-10-29(28)24-40(35)44-39(33)25-31/h2*1-25H. The second kappa shape index (κ2) is 20.6. The van der Waals surface area contributed by atoms with E-state index in [1.54, 1.807) is 0 Å². The first-order valence-corrected chi connectivity index (χ1v) is 33.8. The molecule has 0 N–H and O–H groups in total. The van der Waals surface area contributed by atoms with E-state index in [9.17, 15) is 0 Å². The molecule has 420 valence electrons. The molecule has 0 radical (unpaired) electrons. The molecule has 0 saturated carbocycles. The fraction of sp³-hybridized carbons (Fsp3) is 0. The molecular formula is C84H50N2S4. The molecule has 20 aromatic rings. The number of hydrogen-bond acceptors (Lipinski definition) is 4. The summed E-state index contributed by atoms with van der Waals surface area (Å²) in [6.45, 7) is 0. The first kappa shape index (κ1) is 51.6. The van der Waals surface area contributed by atoms with E-state index in [2.05, 4.69) is 312 Å². The number of hydrogen-bond donors (Lipinski definition) is 0. The number of benzene rings is 14. The van der Waals surface area contributed by atoms with Crippen molar-refractivity contribution in [1.29, 1.82) is 0 Å². The fourth-order valence-corrected chi connectivity index (χ4v) is 18.9. The van der Waals surface area contributed by atoms with Crippen LogP contribution in [0.2, 0.25) is 0 Å². The smallest absolute Gasteiger partial charge is 0.0727 e. The van der Waals surface area contributed by atoms with Crippen molar-refractivity contribution in [2.24, 2.45) is 0 Å². The molecule has 2 nitrogen and oxygen atoms in total. The molecule has 20 rings (SSSR count). The van der Waals surface area contributed by atoms with Gasteiger partial charge in [-0.1, -0.05) is 200 Å². The molecule has 0 spiro atoms. The molecule has 90 heavy (non-hydrogen) atoms. The molecule has 0 saturated heterocycles. The van der Waals surface area contributed by atoms with Crippen molar-refractivity contribution in [3.05, 3.63) is 303 Å². The van der Waals surface area contributed by atoms with Gasteiger partial charge in [-0.15, -0.1) is 45.3 Å². The molecule has 6 heteroatoms. The van der Waals surface area contributed by atoms with Crippen molar-refractivity contribution >= 4 is 170 Å². The van der Waals surface area contributed by atoms with Crippen LogP contribution in [0.3, 0.4) is 0 Å². The van der Waals surface area contributed by atoms with E-state index in [1.165, 1.54) is 180 Å². The second-order valence-corrected chi connectivity index (χ2v) is 27.8. The van der Waals surface area contributed by atoms with Crippen molar-refractivity contribution in [2.45, 2.75) is 0 Å². The third kappa shape index (κ3) is 8.26. The Labute approximate surface area is 533 Å². The van der Waals surface area contributed by atoms with Gasteiger partial charge in [-0.2, -0.15) is 0 Å². The molecule has 14 aromatic carbocycles. The highest BCUT2D eigenvalue weighted by molar-refractivity contribution is 7.27. The van der Waals surface area contributed by atoms with Crippen LogP contribution in [0, 0.1) is 0 Å². The molecule has 0 aliphatic rings. The first-order chi connectivity index (χ1) is 44.6. The molecule has 0 fully saturated rings. The van der Waals surface area contributed by atoms with Crippen LogP contribution >= 0.6 is 45.3 Å². The number of fused-ring (bicyclic) bond motifs is 19. The Kier molecular flexibility index (Phi) is 11.8. The van der Waals surface area contributed by atoms with Crippen LogP contribution in [0.25, 0.3) is 180 Å². The summed E-state index contributed by atoms with van der Waals surface area (Å²) in [5.74, 6) is 0. The Balaban J connectivity index is 0.000000130. The van der Waals surface area contributed by atoms with Crippen molar-refractivity contribution in [3.63, 3.8) is 0 Å². The number of aromatic nitrogens is 2. The number of rotatable bonds is 6. The Morgan fingerprint density at radius 1 is 0.200 bits per heavy atom. The average molecular weight is 1220 g/mol. The van der Waals surface area contributed by atoms with Gasteiger partial charge in [0.2, 0.25) is 0 Å². The summed E-state index contributed by atoms with van der Waals surface area (Å²) < 4.78 is 15.6. The Bertz CT molecular complexity index is 6280. The molecule has 6 aromatic heterocycles. The lowest BCUT2D eigenvalue weighted by Crippen LogP contribution is -1.92. The minimum Gasteiger partial charge on any atom is -0.308 e. The van der Waals surface area contributed by atoms with Gasteiger partial charge in [0.1, 0.15) is 0 Å². The average Bonchev–Trinajstić information content (AvgIpc) is 1.64. The van der Waals surface area contributed by atoms with E-state index in [4.69, 9.17) is 0 Å². The lowest BCUT2D eigenvalue weighted by atomic mass is 9.97. The van der Waals surface area contributed by atoms with Crippen LogP contribution in [0.5, 0.6) is 0 Å². The lowest BCUT2D eigenvalue weighted by molar-refractivity contribution is 1.19. The molecule has 0 aliphatic heterocycles. The molecule has 0 unspecified atom stereocenters. The summed E-state index contributed by atoms with van der Waals surface area (Å²) in [6.07, 6.45) is 0.